The molecule has 1 aromatic carbocycles. The van der Waals surface area contributed by atoms with E-state index < -0.39 is 0 Å². The first-order valence-corrected chi connectivity index (χ1v) is 7.11. The lowest BCUT2D eigenvalue weighted by Crippen LogP contribution is -2.15. The van der Waals surface area contributed by atoms with Crippen LogP contribution in [-0.2, 0) is 0 Å². The standard InChI is InChI=1S/C12H8Br2ClN3O/c13-6-3-8(11(16)17-5-6)12(19)18-10-4-7(15)1-2-9(10)14/h1-5H,(H2,16,17)(H,18,19). The number of halogens is 3. The van der Waals surface area contributed by atoms with Crippen LogP contribution in [0.3, 0.4) is 0 Å². The van der Waals surface area contributed by atoms with Crippen molar-refractivity contribution in [2.75, 3.05) is 11.1 Å². The van der Waals surface area contributed by atoms with Crippen molar-refractivity contribution in [1.29, 1.82) is 0 Å². The minimum absolute atomic E-state index is 0.166. The zero-order chi connectivity index (χ0) is 14.0. The Balaban J connectivity index is 2.30. The number of nitrogens with zero attached hydrogens (tertiary/aromatic N) is 1. The average Bonchev–Trinajstić information content (AvgIpc) is 2.36. The van der Waals surface area contributed by atoms with E-state index in [1.54, 1.807) is 24.3 Å². The lowest BCUT2D eigenvalue weighted by molar-refractivity contribution is 0.102. The first-order chi connectivity index (χ1) is 8.97. The molecule has 3 N–H and O–H groups in total. The van der Waals surface area contributed by atoms with Gasteiger partial charge < -0.3 is 11.1 Å². The van der Waals surface area contributed by atoms with Crippen LogP contribution in [0.15, 0.2) is 39.4 Å². The van der Waals surface area contributed by atoms with Gasteiger partial charge in [-0.3, -0.25) is 4.79 Å². The summed E-state index contributed by atoms with van der Waals surface area (Å²) >= 11 is 12.5. The summed E-state index contributed by atoms with van der Waals surface area (Å²) in [5, 5.41) is 3.25. The number of amides is 1. The number of hydrogen-bond donors (Lipinski definition) is 2. The van der Waals surface area contributed by atoms with Gasteiger partial charge in [-0.25, -0.2) is 4.98 Å². The quantitative estimate of drug-likeness (QED) is 0.791. The Labute approximate surface area is 131 Å². The Morgan fingerprint density at radius 2 is 2.05 bits per heavy atom. The largest absolute Gasteiger partial charge is 0.383 e. The summed E-state index contributed by atoms with van der Waals surface area (Å²) in [5.74, 6) is -0.187. The van der Waals surface area contributed by atoms with Crippen molar-refractivity contribution in [3.8, 4) is 0 Å². The smallest absolute Gasteiger partial charge is 0.259 e. The Morgan fingerprint density at radius 3 is 2.79 bits per heavy atom. The van der Waals surface area contributed by atoms with Gasteiger partial charge in [0.15, 0.2) is 0 Å². The topological polar surface area (TPSA) is 68.0 Å². The molecule has 1 heterocycles. The van der Waals surface area contributed by atoms with Gasteiger partial charge in [0.05, 0.1) is 11.3 Å². The predicted octanol–water partition coefficient (Wildman–Crippen LogP) is 4.09. The second-order valence-electron chi connectivity index (χ2n) is 3.66. The molecule has 0 aliphatic rings. The SMILES string of the molecule is Nc1ncc(Br)cc1C(=O)Nc1cc(Cl)ccc1Br. The molecular formula is C12H8Br2ClN3O. The molecule has 0 radical (unpaired) electrons. The van der Waals surface area contributed by atoms with E-state index in [0.717, 1.165) is 4.47 Å². The molecule has 0 unspecified atom stereocenters. The van der Waals surface area contributed by atoms with Gasteiger partial charge in [-0.2, -0.15) is 0 Å². The zero-order valence-corrected chi connectivity index (χ0v) is 13.4. The summed E-state index contributed by atoms with van der Waals surface area (Å²) in [4.78, 5) is 16.0. The number of nitrogens with one attached hydrogen (secondary N) is 1. The molecule has 98 valence electrons. The van der Waals surface area contributed by atoms with Gasteiger partial charge in [-0.15, -0.1) is 0 Å². The highest BCUT2D eigenvalue weighted by Gasteiger charge is 2.13. The maximum Gasteiger partial charge on any atom is 0.259 e. The van der Waals surface area contributed by atoms with Crippen molar-refractivity contribution in [2.24, 2.45) is 0 Å². The van der Waals surface area contributed by atoms with Gasteiger partial charge in [0.25, 0.3) is 5.91 Å². The summed E-state index contributed by atoms with van der Waals surface area (Å²) in [6.45, 7) is 0. The van der Waals surface area contributed by atoms with E-state index in [4.69, 9.17) is 17.3 Å². The molecular weight excluding hydrogens is 397 g/mol. The third-order valence-electron chi connectivity index (χ3n) is 2.31. The number of hydrogen-bond acceptors (Lipinski definition) is 3. The molecule has 1 aromatic heterocycles. The second-order valence-corrected chi connectivity index (χ2v) is 5.87. The van der Waals surface area contributed by atoms with Gasteiger partial charge in [-0.05, 0) is 56.1 Å². The molecule has 19 heavy (non-hydrogen) atoms. The average molecular weight is 405 g/mol. The van der Waals surface area contributed by atoms with E-state index in [1.807, 2.05) is 0 Å². The first kappa shape index (κ1) is 14.3. The molecule has 0 fully saturated rings. The fourth-order valence-corrected chi connectivity index (χ4v) is 2.26. The lowest BCUT2D eigenvalue weighted by atomic mass is 10.2. The number of nitrogen functional groups attached to an aromatic ring is 1. The van der Waals surface area contributed by atoms with Crippen molar-refractivity contribution in [3.05, 3.63) is 50.0 Å². The summed E-state index contributed by atoms with van der Waals surface area (Å²) in [6, 6.07) is 6.72. The van der Waals surface area contributed by atoms with E-state index >= 15 is 0 Å². The molecule has 0 spiro atoms. The molecule has 0 atom stereocenters. The molecule has 4 nitrogen and oxygen atoms in total. The summed E-state index contributed by atoms with van der Waals surface area (Å²) in [7, 11) is 0. The highest BCUT2D eigenvalue weighted by Crippen LogP contribution is 2.27. The maximum atomic E-state index is 12.1. The highest BCUT2D eigenvalue weighted by atomic mass is 79.9. The Kier molecular flexibility index (Phi) is 4.44. The van der Waals surface area contributed by atoms with Crippen molar-refractivity contribution in [1.82, 2.24) is 4.98 Å². The van der Waals surface area contributed by atoms with Gasteiger partial charge in [0, 0.05) is 20.2 Å². The minimum Gasteiger partial charge on any atom is -0.383 e. The molecule has 2 rings (SSSR count). The second kappa shape index (κ2) is 5.90. The monoisotopic (exact) mass is 403 g/mol. The van der Waals surface area contributed by atoms with E-state index in [-0.39, 0.29) is 11.7 Å². The van der Waals surface area contributed by atoms with E-state index in [0.29, 0.717) is 20.7 Å². The van der Waals surface area contributed by atoms with Crippen LogP contribution in [0.1, 0.15) is 10.4 Å². The number of carbonyl (C=O) groups excluding carboxylic acids is 1. The van der Waals surface area contributed by atoms with E-state index in [9.17, 15) is 4.79 Å². The number of anilines is 2. The first-order valence-electron chi connectivity index (χ1n) is 5.15. The molecule has 0 saturated heterocycles. The number of nitrogens with two attached hydrogens (primary N) is 1. The zero-order valence-electron chi connectivity index (χ0n) is 9.45. The van der Waals surface area contributed by atoms with Crippen molar-refractivity contribution in [2.45, 2.75) is 0 Å². The van der Waals surface area contributed by atoms with Gasteiger partial charge in [0.1, 0.15) is 5.82 Å². The number of rotatable bonds is 2. The third kappa shape index (κ3) is 3.46. The fourth-order valence-electron chi connectivity index (χ4n) is 1.41. The maximum absolute atomic E-state index is 12.1. The molecule has 0 aliphatic heterocycles. The number of aromatic nitrogens is 1. The molecule has 2 aromatic rings. The minimum atomic E-state index is -0.353. The Hall–Kier alpha value is -1.11. The normalized spacial score (nSPS) is 10.3. The highest BCUT2D eigenvalue weighted by molar-refractivity contribution is 9.10. The van der Waals surface area contributed by atoms with Gasteiger partial charge in [0.2, 0.25) is 0 Å². The van der Waals surface area contributed by atoms with E-state index in [1.165, 1.54) is 6.20 Å². The van der Waals surface area contributed by atoms with Gasteiger partial charge in [-0.1, -0.05) is 11.6 Å². The summed E-state index contributed by atoms with van der Waals surface area (Å²) in [5.41, 5.74) is 6.54. The van der Waals surface area contributed by atoms with Crippen molar-refractivity contribution in [3.63, 3.8) is 0 Å². The number of pyridine rings is 1. The van der Waals surface area contributed by atoms with Crippen LogP contribution in [0.2, 0.25) is 5.02 Å². The lowest BCUT2D eigenvalue weighted by Gasteiger charge is -2.09. The number of carbonyl (C=O) groups is 1. The third-order valence-corrected chi connectivity index (χ3v) is 3.67. The predicted molar refractivity (Wildman–Crippen MR) is 83.5 cm³/mol. The molecule has 7 heteroatoms. The Bertz CT molecular complexity index is 649. The van der Waals surface area contributed by atoms with Crippen LogP contribution in [0.5, 0.6) is 0 Å². The summed E-state index contributed by atoms with van der Waals surface area (Å²) < 4.78 is 1.41. The Morgan fingerprint density at radius 1 is 1.32 bits per heavy atom. The van der Waals surface area contributed by atoms with Crippen molar-refractivity contribution >= 4 is 60.9 Å². The van der Waals surface area contributed by atoms with Crippen LogP contribution in [-0.4, -0.2) is 10.9 Å². The van der Waals surface area contributed by atoms with Gasteiger partial charge >= 0.3 is 0 Å². The van der Waals surface area contributed by atoms with E-state index in [2.05, 4.69) is 42.2 Å². The van der Waals surface area contributed by atoms with Crippen LogP contribution in [0.25, 0.3) is 0 Å². The molecule has 1 amide bonds. The van der Waals surface area contributed by atoms with Crippen molar-refractivity contribution < 1.29 is 4.79 Å². The van der Waals surface area contributed by atoms with Crippen LogP contribution < -0.4 is 11.1 Å². The van der Waals surface area contributed by atoms with Crippen LogP contribution in [0, 0.1) is 0 Å². The van der Waals surface area contributed by atoms with Crippen LogP contribution in [0.4, 0.5) is 11.5 Å². The molecule has 0 aliphatic carbocycles. The number of benzene rings is 1. The summed E-state index contributed by atoms with van der Waals surface area (Å²) in [6.07, 6.45) is 1.53. The fraction of sp³-hybridized carbons (Fsp3) is 0. The van der Waals surface area contributed by atoms with Crippen LogP contribution >= 0.6 is 43.5 Å². The molecule has 0 saturated carbocycles. The molecule has 0 bridgehead atoms.